The molecular formula is C16H10ClF2N4O2. The van der Waals surface area contributed by atoms with Gasteiger partial charge in [-0.15, -0.1) is 0 Å². The predicted molar refractivity (Wildman–Crippen MR) is 88.2 cm³/mol. The van der Waals surface area contributed by atoms with Gasteiger partial charge in [-0.2, -0.15) is 0 Å². The minimum atomic E-state index is -1.03. The Morgan fingerprint density at radius 1 is 1.36 bits per heavy atom. The highest BCUT2D eigenvalue weighted by Crippen LogP contribution is 2.28. The highest BCUT2D eigenvalue weighted by atomic mass is 35.5. The molecule has 0 spiro atoms. The molecule has 6 nitrogen and oxygen atoms in total. The molecule has 0 bridgehead atoms. The number of rotatable bonds is 5. The van der Waals surface area contributed by atoms with Gasteiger partial charge in [0.05, 0.1) is 10.5 Å². The Bertz CT molecular complexity index is 968. The number of fused-ring (bicyclic) bond motifs is 1. The fraction of sp³-hybridized carbons (Fsp3) is 0.0625. The van der Waals surface area contributed by atoms with Crippen LogP contribution < -0.4 is 15.8 Å². The molecule has 0 aliphatic carbocycles. The van der Waals surface area contributed by atoms with Crippen LogP contribution in [0.1, 0.15) is 10.6 Å². The fourth-order valence-electron chi connectivity index (χ4n) is 2.11. The van der Waals surface area contributed by atoms with Gasteiger partial charge in [-0.3, -0.25) is 4.79 Å². The molecule has 0 aliphatic rings. The molecule has 0 atom stereocenters. The largest absolute Gasteiger partial charge is 0.462 e. The Morgan fingerprint density at radius 3 is 2.84 bits per heavy atom. The summed E-state index contributed by atoms with van der Waals surface area (Å²) in [4.78, 5) is 19.5. The maximum absolute atomic E-state index is 13.3. The van der Waals surface area contributed by atoms with E-state index in [1.807, 2.05) is 0 Å². The van der Waals surface area contributed by atoms with Gasteiger partial charge >= 0.3 is 0 Å². The molecule has 0 saturated heterocycles. The minimum Gasteiger partial charge on any atom is -0.462 e. The molecule has 3 N–H and O–H groups in total. The number of nitrogens with one attached hydrogen (secondary N) is 1. The number of halogens is 3. The third-order valence-electron chi connectivity index (χ3n) is 3.21. The van der Waals surface area contributed by atoms with Crippen LogP contribution in [-0.2, 0) is 0 Å². The number of ether oxygens (including phenoxy) is 1. The van der Waals surface area contributed by atoms with Gasteiger partial charge < -0.3 is 15.8 Å². The number of carbonyl (C=O) groups excluding carboxylic acids is 1. The number of primary amides is 1. The van der Waals surface area contributed by atoms with Gasteiger partial charge in [-0.1, -0.05) is 11.6 Å². The quantitative estimate of drug-likeness (QED) is 0.725. The monoisotopic (exact) mass is 363 g/mol. The smallest absolute Gasteiger partial charge is 0.286 e. The zero-order chi connectivity index (χ0) is 18.0. The molecule has 2 aromatic carbocycles. The number of hydrogen-bond donors (Lipinski definition) is 2. The van der Waals surface area contributed by atoms with Crippen LogP contribution in [0.4, 0.5) is 20.3 Å². The lowest BCUT2D eigenvalue weighted by Gasteiger charge is -2.11. The third-order valence-corrected chi connectivity index (χ3v) is 3.50. The van der Waals surface area contributed by atoms with Crippen molar-refractivity contribution in [3.8, 4) is 5.75 Å². The van der Waals surface area contributed by atoms with Gasteiger partial charge in [0.15, 0.2) is 0 Å². The van der Waals surface area contributed by atoms with Crippen molar-refractivity contribution in [3.63, 3.8) is 0 Å². The Balaban J connectivity index is 2.11. The van der Waals surface area contributed by atoms with Gasteiger partial charge in [0.25, 0.3) is 5.91 Å². The summed E-state index contributed by atoms with van der Waals surface area (Å²) in [6.07, 6.45) is 0. The van der Waals surface area contributed by atoms with E-state index in [9.17, 15) is 13.6 Å². The first-order chi connectivity index (χ1) is 12.0. The van der Waals surface area contributed by atoms with Crippen LogP contribution in [0.2, 0.25) is 5.02 Å². The van der Waals surface area contributed by atoms with Crippen molar-refractivity contribution in [3.05, 3.63) is 53.1 Å². The van der Waals surface area contributed by atoms with Gasteiger partial charge in [-0.25, -0.2) is 18.7 Å². The SMILES string of the molecule is NC(=O)c1nc(Nc2ccc(F)c(Cl)c2)c2c[c]c(OCF)cc2n1. The summed E-state index contributed by atoms with van der Waals surface area (Å²) >= 11 is 5.76. The first kappa shape index (κ1) is 16.8. The van der Waals surface area contributed by atoms with E-state index in [4.69, 9.17) is 22.1 Å². The number of anilines is 2. The van der Waals surface area contributed by atoms with Gasteiger partial charge in [-0.05, 0) is 24.3 Å². The van der Waals surface area contributed by atoms with E-state index in [0.717, 1.165) is 0 Å². The van der Waals surface area contributed by atoms with Crippen LogP contribution >= 0.6 is 11.6 Å². The number of carbonyl (C=O) groups is 1. The summed E-state index contributed by atoms with van der Waals surface area (Å²) in [5.41, 5.74) is 5.98. The lowest BCUT2D eigenvalue weighted by atomic mass is 10.2. The summed E-state index contributed by atoms with van der Waals surface area (Å²) < 4.78 is 30.3. The Labute approximate surface area is 145 Å². The molecule has 1 aromatic heterocycles. The van der Waals surface area contributed by atoms with Crippen molar-refractivity contribution in [2.75, 3.05) is 12.2 Å². The van der Waals surface area contributed by atoms with Crippen molar-refractivity contribution >= 4 is 39.9 Å². The number of alkyl halides is 1. The molecule has 0 aliphatic heterocycles. The average Bonchev–Trinajstić information content (AvgIpc) is 2.58. The Hall–Kier alpha value is -3.00. The molecule has 25 heavy (non-hydrogen) atoms. The molecule has 0 unspecified atom stereocenters. The molecule has 0 fully saturated rings. The summed E-state index contributed by atoms with van der Waals surface area (Å²) in [5.74, 6) is -1.33. The van der Waals surface area contributed by atoms with E-state index in [1.165, 1.54) is 30.3 Å². The summed E-state index contributed by atoms with van der Waals surface area (Å²) in [6, 6.07) is 9.58. The van der Waals surface area contributed by atoms with E-state index in [-0.39, 0.29) is 22.4 Å². The summed E-state index contributed by atoms with van der Waals surface area (Å²) in [6.45, 7) is -1.03. The number of nitrogens with zero attached hydrogens (tertiary/aromatic N) is 2. The first-order valence-corrected chi connectivity index (χ1v) is 7.30. The van der Waals surface area contributed by atoms with Crippen LogP contribution in [0.3, 0.4) is 0 Å². The summed E-state index contributed by atoms with van der Waals surface area (Å²) in [7, 11) is 0. The zero-order valence-corrected chi connectivity index (χ0v) is 13.3. The van der Waals surface area contributed by atoms with Crippen molar-refractivity contribution in [2.45, 2.75) is 0 Å². The van der Waals surface area contributed by atoms with Crippen molar-refractivity contribution < 1.29 is 18.3 Å². The predicted octanol–water partition coefficient (Wildman–Crippen LogP) is 3.37. The minimum absolute atomic E-state index is 0.0799. The maximum Gasteiger partial charge on any atom is 0.286 e. The zero-order valence-electron chi connectivity index (χ0n) is 12.5. The van der Waals surface area contributed by atoms with Crippen molar-refractivity contribution in [1.29, 1.82) is 0 Å². The van der Waals surface area contributed by atoms with Crippen LogP contribution in [0.15, 0.2) is 30.3 Å². The van der Waals surface area contributed by atoms with Crippen molar-refractivity contribution in [1.82, 2.24) is 9.97 Å². The lowest BCUT2D eigenvalue weighted by molar-refractivity contribution is 0.0991. The number of aromatic nitrogens is 2. The second kappa shape index (κ2) is 6.86. The van der Waals surface area contributed by atoms with Gasteiger partial charge in [0.2, 0.25) is 12.7 Å². The molecular weight excluding hydrogens is 354 g/mol. The maximum atomic E-state index is 13.3. The summed E-state index contributed by atoms with van der Waals surface area (Å²) in [5, 5.41) is 3.31. The Kier molecular flexibility index (Phi) is 4.62. The second-order valence-electron chi connectivity index (χ2n) is 4.86. The van der Waals surface area contributed by atoms with Crippen LogP contribution in [0, 0.1) is 11.9 Å². The second-order valence-corrected chi connectivity index (χ2v) is 5.27. The number of benzene rings is 2. The van der Waals surface area contributed by atoms with Crippen LogP contribution in [0.5, 0.6) is 5.75 Å². The van der Waals surface area contributed by atoms with Crippen LogP contribution in [0.25, 0.3) is 10.9 Å². The molecule has 3 rings (SSSR count). The molecule has 1 heterocycles. The first-order valence-electron chi connectivity index (χ1n) is 6.92. The standard InChI is InChI=1S/C16H10ClF2N4O2/c17-11-5-8(1-4-12(11)19)21-15-10-3-2-9(25-7-18)6-13(10)22-16(23-15)14(20)24/h1,3-6H,7H2,(H2,20,24)(H,21,22,23). The topological polar surface area (TPSA) is 90.1 Å². The van der Waals surface area contributed by atoms with E-state index < -0.39 is 18.6 Å². The normalized spacial score (nSPS) is 10.7. The van der Waals surface area contributed by atoms with E-state index in [1.54, 1.807) is 0 Å². The molecule has 3 aromatic rings. The fourth-order valence-corrected chi connectivity index (χ4v) is 2.29. The van der Waals surface area contributed by atoms with Gasteiger partial charge in [0.1, 0.15) is 17.4 Å². The number of hydrogen-bond acceptors (Lipinski definition) is 5. The highest BCUT2D eigenvalue weighted by Gasteiger charge is 2.13. The van der Waals surface area contributed by atoms with Gasteiger partial charge in [0, 0.05) is 23.2 Å². The highest BCUT2D eigenvalue weighted by molar-refractivity contribution is 6.31. The van der Waals surface area contributed by atoms with E-state index in [2.05, 4.69) is 21.4 Å². The van der Waals surface area contributed by atoms with E-state index >= 15 is 0 Å². The Morgan fingerprint density at radius 2 is 2.16 bits per heavy atom. The lowest BCUT2D eigenvalue weighted by Crippen LogP contribution is -2.16. The molecule has 9 heteroatoms. The third kappa shape index (κ3) is 3.58. The molecule has 0 saturated carbocycles. The van der Waals surface area contributed by atoms with Crippen molar-refractivity contribution in [2.24, 2.45) is 5.73 Å². The number of nitrogens with two attached hydrogens (primary N) is 1. The molecule has 127 valence electrons. The van der Waals surface area contributed by atoms with Crippen LogP contribution in [-0.4, -0.2) is 22.7 Å². The average molecular weight is 364 g/mol. The molecule has 1 amide bonds. The van der Waals surface area contributed by atoms with E-state index in [0.29, 0.717) is 16.6 Å². The molecule has 1 radical (unpaired) electrons. The number of amides is 1.